The maximum atomic E-state index is 14.3. The number of ether oxygens (including phenoxy) is 3. The largest absolute Gasteiger partial charge is 0.497 e. The lowest BCUT2D eigenvalue weighted by Crippen LogP contribution is -2.53. The number of carbonyl (C=O) groups is 1. The lowest BCUT2D eigenvalue weighted by atomic mass is 9.82. The van der Waals surface area contributed by atoms with Gasteiger partial charge >= 0.3 is 0 Å². The summed E-state index contributed by atoms with van der Waals surface area (Å²) < 4.78 is 17.8. The first kappa shape index (κ1) is 31.3. The van der Waals surface area contributed by atoms with Gasteiger partial charge in [0, 0.05) is 31.6 Å². The van der Waals surface area contributed by atoms with Gasteiger partial charge in [-0.25, -0.2) is 10.4 Å². The number of hydrogen-bond acceptors (Lipinski definition) is 7. The van der Waals surface area contributed by atoms with Crippen molar-refractivity contribution in [1.82, 2.24) is 10.9 Å². The Morgan fingerprint density at radius 3 is 2.45 bits per heavy atom. The van der Waals surface area contributed by atoms with Crippen LogP contribution in [0.1, 0.15) is 34.8 Å². The van der Waals surface area contributed by atoms with Gasteiger partial charge in [-0.15, -0.1) is 0 Å². The summed E-state index contributed by atoms with van der Waals surface area (Å²) in [5.74, 6) is 1.25. The predicted octanol–water partition coefficient (Wildman–Crippen LogP) is 6.08. The van der Waals surface area contributed by atoms with Crippen LogP contribution in [0.25, 0.3) is 0 Å². The van der Waals surface area contributed by atoms with Gasteiger partial charge in [-0.05, 0) is 65.2 Å². The maximum Gasteiger partial charge on any atom is 0.266 e. The third-order valence-electron chi connectivity index (χ3n) is 7.22. The first-order valence-electron chi connectivity index (χ1n) is 14.2. The Bertz CT molecular complexity index is 1600. The fraction of sp³-hybridized carbons (Fsp3) is 0.235. The summed E-state index contributed by atoms with van der Waals surface area (Å²) in [6.45, 7) is 0.770. The van der Waals surface area contributed by atoms with Crippen LogP contribution in [0.4, 0.5) is 0 Å². The summed E-state index contributed by atoms with van der Waals surface area (Å²) in [6.07, 6.45) is 0.0257. The van der Waals surface area contributed by atoms with E-state index in [4.69, 9.17) is 47.5 Å². The number of rotatable bonds is 13. The van der Waals surface area contributed by atoms with Crippen molar-refractivity contribution < 1.29 is 24.1 Å². The molecule has 1 aliphatic rings. The molecule has 44 heavy (non-hydrogen) atoms. The van der Waals surface area contributed by atoms with E-state index in [0.717, 1.165) is 16.7 Å². The number of aliphatic imine (C=N–C) groups is 1. The Kier molecular flexibility index (Phi) is 10.4. The molecule has 8 nitrogen and oxygen atoms in total. The van der Waals surface area contributed by atoms with Gasteiger partial charge in [0.25, 0.3) is 5.91 Å². The lowest BCUT2D eigenvalue weighted by molar-refractivity contribution is -0.130. The summed E-state index contributed by atoms with van der Waals surface area (Å²) in [5, 5.41) is 9.93. The van der Waals surface area contributed by atoms with E-state index in [1.807, 2.05) is 84.9 Å². The Morgan fingerprint density at radius 2 is 1.73 bits per heavy atom. The maximum absolute atomic E-state index is 14.3. The highest BCUT2D eigenvalue weighted by Crippen LogP contribution is 2.43. The fourth-order valence-corrected chi connectivity index (χ4v) is 5.30. The van der Waals surface area contributed by atoms with Gasteiger partial charge in [0.1, 0.15) is 11.5 Å². The molecule has 4 aromatic carbocycles. The molecule has 0 bridgehead atoms. The van der Waals surface area contributed by atoms with Gasteiger partial charge in [0.2, 0.25) is 5.90 Å². The van der Waals surface area contributed by atoms with Crippen molar-refractivity contribution in [3.63, 3.8) is 0 Å². The minimum absolute atomic E-state index is 0.0578. The van der Waals surface area contributed by atoms with E-state index in [1.54, 1.807) is 19.2 Å². The van der Waals surface area contributed by atoms with E-state index in [9.17, 15) is 4.79 Å². The van der Waals surface area contributed by atoms with Gasteiger partial charge in [-0.2, -0.15) is 0 Å². The number of benzene rings is 4. The molecular weight excluding hydrogens is 601 g/mol. The lowest BCUT2D eigenvalue weighted by Gasteiger charge is -2.31. The Balaban J connectivity index is 1.51. The molecule has 0 radical (unpaired) electrons. The minimum atomic E-state index is -1.38. The summed E-state index contributed by atoms with van der Waals surface area (Å²) in [6, 6.07) is 29.8. The molecule has 0 aromatic heterocycles. The topological polar surface area (TPSA) is 101 Å². The first-order chi connectivity index (χ1) is 21.4. The van der Waals surface area contributed by atoms with Gasteiger partial charge in [-0.1, -0.05) is 71.7 Å². The van der Waals surface area contributed by atoms with Crippen molar-refractivity contribution in [2.45, 2.75) is 31.0 Å². The number of amides is 1. The molecular formula is C34H33Cl2N3O5. The average molecular weight is 635 g/mol. The normalized spacial score (nSPS) is 17.5. The van der Waals surface area contributed by atoms with Crippen LogP contribution in [0.5, 0.6) is 11.5 Å². The van der Waals surface area contributed by atoms with Crippen LogP contribution in [0, 0.1) is 0 Å². The molecule has 0 aliphatic carbocycles. The number of hydrogen-bond donors (Lipinski definition) is 3. The Hall–Kier alpha value is -4.08. The number of nitrogens with one attached hydrogen (secondary N) is 2. The van der Waals surface area contributed by atoms with Crippen molar-refractivity contribution in [2.75, 3.05) is 20.3 Å². The van der Waals surface area contributed by atoms with Crippen LogP contribution in [0.2, 0.25) is 10.0 Å². The minimum Gasteiger partial charge on any atom is -0.497 e. The highest BCUT2D eigenvalue weighted by Gasteiger charge is 2.53. The first-order valence-corrected chi connectivity index (χ1v) is 14.9. The SMILES string of the molecule is COc1cccc([C@@H]2OC(c3ccc(OCCCO)cc3)=N[C@]2(Cc2ccccc2)C(=O)NNCc2ccc(Cl)c(Cl)c2)c1. The van der Waals surface area contributed by atoms with Crippen molar-refractivity contribution in [2.24, 2.45) is 4.99 Å². The number of methoxy groups -OCH3 is 1. The van der Waals surface area contributed by atoms with E-state index in [1.165, 1.54) is 0 Å². The van der Waals surface area contributed by atoms with Gasteiger partial charge < -0.3 is 19.3 Å². The molecule has 5 rings (SSSR count). The van der Waals surface area contributed by atoms with E-state index in [-0.39, 0.29) is 18.9 Å². The summed E-state index contributed by atoms with van der Waals surface area (Å²) >= 11 is 12.3. The quantitative estimate of drug-likeness (QED) is 0.122. The molecule has 10 heteroatoms. The van der Waals surface area contributed by atoms with E-state index in [2.05, 4.69) is 10.9 Å². The molecule has 228 valence electrons. The molecule has 0 unspecified atom stereocenters. The van der Waals surface area contributed by atoms with Crippen LogP contribution in [-0.4, -0.2) is 42.8 Å². The van der Waals surface area contributed by atoms with Crippen LogP contribution in [0.3, 0.4) is 0 Å². The standard InChI is InChI=1S/C34H33Cl2N3O5/c1-42-28-10-5-9-26(20-28)31-34(21-23-7-3-2-4-8-23,33(41)39-37-22-24-11-16-29(35)30(36)19-24)38-32(44-31)25-12-14-27(15-13-25)43-18-6-17-40/h2-5,7-16,19-20,31,37,40H,6,17-18,21-22H2,1H3,(H,39,41)/t31-,34-/m0/s1. The van der Waals surface area contributed by atoms with Crippen LogP contribution >= 0.6 is 23.2 Å². The van der Waals surface area contributed by atoms with Crippen molar-refractivity contribution in [3.8, 4) is 11.5 Å². The van der Waals surface area contributed by atoms with E-state index >= 15 is 0 Å². The number of hydrazine groups is 1. The molecule has 3 N–H and O–H groups in total. The Morgan fingerprint density at radius 1 is 0.932 bits per heavy atom. The Labute approximate surface area is 266 Å². The zero-order valence-corrected chi connectivity index (χ0v) is 25.6. The van der Waals surface area contributed by atoms with Gasteiger partial charge in [0.05, 0.1) is 23.8 Å². The number of carbonyl (C=O) groups excluding carboxylic acids is 1. The monoisotopic (exact) mass is 633 g/mol. The molecule has 1 amide bonds. The van der Waals surface area contributed by atoms with Crippen molar-refractivity contribution >= 4 is 35.0 Å². The number of aliphatic hydroxyl groups excluding tert-OH is 1. The number of halogens is 2. The second kappa shape index (κ2) is 14.6. The molecule has 0 saturated heterocycles. The van der Waals surface area contributed by atoms with Crippen molar-refractivity contribution in [1.29, 1.82) is 0 Å². The third kappa shape index (κ3) is 7.34. The molecule has 1 aliphatic heterocycles. The zero-order valence-electron chi connectivity index (χ0n) is 24.1. The highest BCUT2D eigenvalue weighted by atomic mass is 35.5. The predicted molar refractivity (Wildman–Crippen MR) is 171 cm³/mol. The van der Waals surface area contributed by atoms with Crippen LogP contribution in [-0.2, 0) is 22.5 Å². The average Bonchev–Trinajstić information content (AvgIpc) is 3.44. The summed E-state index contributed by atoms with van der Waals surface area (Å²) in [4.78, 5) is 19.4. The number of aliphatic hydroxyl groups is 1. The summed E-state index contributed by atoms with van der Waals surface area (Å²) in [7, 11) is 1.59. The van der Waals surface area contributed by atoms with Crippen LogP contribution in [0.15, 0.2) is 102 Å². The van der Waals surface area contributed by atoms with E-state index in [0.29, 0.717) is 52.6 Å². The second-order valence-corrected chi connectivity index (χ2v) is 11.1. The van der Waals surface area contributed by atoms with Gasteiger partial charge in [-0.3, -0.25) is 10.2 Å². The molecule has 0 saturated carbocycles. The second-order valence-electron chi connectivity index (χ2n) is 10.3. The smallest absolute Gasteiger partial charge is 0.266 e. The fourth-order valence-electron chi connectivity index (χ4n) is 4.98. The molecule has 1 heterocycles. The zero-order chi connectivity index (χ0) is 30.9. The molecule has 4 aromatic rings. The number of nitrogens with zero attached hydrogens (tertiary/aromatic N) is 1. The molecule has 0 fully saturated rings. The van der Waals surface area contributed by atoms with Crippen molar-refractivity contribution in [3.05, 3.63) is 129 Å². The molecule has 2 atom stereocenters. The van der Waals surface area contributed by atoms with E-state index < -0.39 is 11.6 Å². The summed E-state index contributed by atoms with van der Waals surface area (Å²) in [5.41, 5.74) is 7.72. The molecule has 0 spiro atoms. The highest BCUT2D eigenvalue weighted by molar-refractivity contribution is 6.42. The van der Waals surface area contributed by atoms with Crippen LogP contribution < -0.4 is 20.3 Å². The van der Waals surface area contributed by atoms with Gasteiger partial charge in [0.15, 0.2) is 11.6 Å². The third-order valence-corrected chi connectivity index (χ3v) is 7.96.